The predicted molar refractivity (Wildman–Crippen MR) is 59.2 cm³/mol. The lowest BCUT2D eigenvalue weighted by molar-refractivity contribution is -0.389. The summed E-state index contributed by atoms with van der Waals surface area (Å²) < 4.78 is 0. The van der Waals surface area contributed by atoms with Crippen LogP contribution in [0.2, 0.25) is 0 Å². The Morgan fingerprint density at radius 3 is 3.00 bits per heavy atom. The molecule has 9 nitrogen and oxygen atoms in total. The minimum atomic E-state index is -0.959. The van der Waals surface area contributed by atoms with Gasteiger partial charge in [0.2, 0.25) is 0 Å². The summed E-state index contributed by atoms with van der Waals surface area (Å²) in [5.74, 6) is -1.29. The summed E-state index contributed by atoms with van der Waals surface area (Å²) in [4.78, 5) is 25.4. The Hall–Kier alpha value is -2.36. The molecule has 0 aliphatic heterocycles. The van der Waals surface area contributed by atoms with Gasteiger partial charge in [-0.25, -0.2) is 4.98 Å². The van der Waals surface area contributed by atoms with Gasteiger partial charge >= 0.3 is 11.8 Å². The van der Waals surface area contributed by atoms with Gasteiger partial charge in [0, 0.05) is 5.38 Å². The predicted octanol–water partition coefficient (Wildman–Crippen LogP) is 0.318. The average molecular weight is 269 g/mol. The molecule has 0 saturated carbocycles. The summed E-state index contributed by atoms with van der Waals surface area (Å²) in [6.07, 6.45) is 0.898. The number of aliphatic carboxylic acids is 1. The van der Waals surface area contributed by atoms with Crippen molar-refractivity contribution in [3.63, 3.8) is 0 Å². The first kappa shape index (κ1) is 12.1. The van der Waals surface area contributed by atoms with Crippen molar-refractivity contribution in [2.45, 2.75) is 13.0 Å². The highest BCUT2D eigenvalue weighted by molar-refractivity contribution is 7.09. The molecule has 10 heteroatoms. The summed E-state index contributed by atoms with van der Waals surface area (Å²) in [7, 11) is 0. The van der Waals surface area contributed by atoms with E-state index < -0.39 is 10.9 Å². The highest BCUT2D eigenvalue weighted by Gasteiger charge is 2.14. The second-order valence-corrected chi connectivity index (χ2v) is 4.24. The summed E-state index contributed by atoms with van der Waals surface area (Å²) in [5.41, 5.74) is 0.448. The molecule has 0 spiro atoms. The van der Waals surface area contributed by atoms with Gasteiger partial charge in [0.1, 0.15) is 11.6 Å². The molecule has 0 fully saturated rings. The number of thiazole rings is 1. The van der Waals surface area contributed by atoms with E-state index in [4.69, 9.17) is 5.11 Å². The molecule has 0 radical (unpaired) electrons. The van der Waals surface area contributed by atoms with Gasteiger partial charge in [0.25, 0.3) is 0 Å². The van der Waals surface area contributed by atoms with Crippen LogP contribution in [0.1, 0.15) is 10.7 Å². The van der Waals surface area contributed by atoms with Crippen LogP contribution in [-0.4, -0.2) is 36.0 Å². The SMILES string of the molecule is O=C(O)Cc1csc(Cn2ncc([N+](=O)[O-])n2)n1. The lowest BCUT2D eigenvalue weighted by Gasteiger charge is -1.90. The monoisotopic (exact) mass is 269 g/mol. The lowest BCUT2D eigenvalue weighted by atomic mass is 10.3. The fourth-order valence-electron chi connectivity index (χ4n) is 1.23. The van der Waals surface area contributed by atoms with Crippen molar-refractivity contribution in [1.29, 1.82) is 0 Å². The number of carboxylic acid groups (broad SMARTS) is 1. The lowest BCUT2D eigenvalue weighted by Crippen LogP contribution is -2.05. The number of hydrogen-bond donors (Lipinski definition) is 1. The van der Waals surface area contributed by atoms with Crippen LogP contribution in [0.15, 0.2) is 11.6 Å². The van der Waals surface area contributed by atoms with E-state index >= 15 is 0 Å². The zero-order chi connectivity index (χ0) is 13.1. The van der Waals surface area contributed by atoms with E-state index in [1.807, 2.05) is 0 Å². The smallest absolute Gasteiger partial charge is 0.410 e. The molecular weight excluding hydrogens is 262 g/mol. The molecular formula is C8H7N5O4S. The van der Waals surface area contributed by atoms with Gasteiger partial charge in [-0.2, -0.15) is 0 Å². The second kappa shape index (κ2) is 4.87. The Morgan fingerprint density at radius 2 is 2.39 bits per heavy atom. The molecule has 0 amide bonds. The van der Waals surface area contributed by atoms with Gasteiger partial charge in [-0.15, -0.1) is 16.4 Å². The van der Waals surface area contributed by atoms with E-state index in [9.17, 15) is 14.9 Å². The van der Waals surface area contributed by atoms with Crippen LogP contribution >= 0.6 is 11.3 Å². The van der Waals surface area contributed by atoms with Crippen molar-refractivity contribution < 1.29 is 14.8 Å². The third-order valence-electron chi connectivity index (χ3n) is 1.92. The Kier molecular flexibility index (Phi) is 3.28. The fraction of sp³-hybridized carbons (Fsp3) is 0.250. The van der Waals surface area contributed by atoms with E-state index in [2.05, 4.69) is 15.2 Å². The molecule has 1 N–H and O–H groups in total. The first-order valence-electron chi connectivity index (χ1n) is 4.74. The molecule has 0 atom stereocenters. The van der Waals surface area contributed by atoms with Crippen molar-refractivity contribution in [1.82, 2.24) is 20.0 Å². The molecule has 2 heterocycles. The van der Waals surface area contributed by atoms with Gasteiger partial charge in [0.15, 0.2) is 6.20 Å². The number of carbonyl (C=O) groups is 1. The summed E-state index contributed by atoms with van der Waals surface area (Å²) >= 11 is 1.26. The molecule has 0 unspecified atom stereocenters. The van der Waals surface area contributed by atoms with Crippen molar-refractivity contribution in [3.05, 3.63) is 32.4 Å². The average Bonchev–Trinajstić information content (AvgIpc) is 2.88. The fourth-order valence-corrected chi connectivity index (χ4v) is 1.99. The van der Waals surface area contributed by atoms with Crippen LogP contribution in [0.3, 0.4) is 0 Å². The van der Waals surface area contributed by atoms with Gasteiger partial charge in [-0.05, 0) is 4.92 Å². The zero-order valence-corrected chi connectivity index (χ0v) is 9.70. The minimum absolute atomic E-state index is 0.150. The third-order valence-corrected chi connectivity index (χ3v) is 2.80. The van der Waals surface area contributed by atoms with Crippen molar-refractivity contribution >= 4 is 23.1 Å². The number of rotatable bonds is 5. The quantitative estimate of drug-likeness (QED) is 0.612. The van der Waals surface area contributed by atoms with Crippen LogP contribution in [0.5, 0.6) is 0 Å². The van der Waals surface area contributed by atoms with Crippen LogP contribution in [0.4, 0.5) is 5.82 Å². The standard InChI is InChI=1S/C8H7N5O4S/c14-8(15)1-5-4-18-7(10-5)3-12-9-2-6(11-12)13(16)17/h2,4H,1,3H2,(H,14,15). The largest absolute Gasteiger partial charge is 0.481 e. The Morgan fingerprint density at radius 1 is 1.61 bits per heavy atom. The molecule has 0 bridgehead atoms. The van der Waals surface area contributed by atoms with Gasteiger partial charge in [-0.3, -0.25) is 4.79 Å². The molecule has 0 aliphatic carbocycles. The summed E-state index contributed by atoms with van der Waals surface area (Å²) in [6.45, 7) is 0.179. The van der Waals surface area contributed by atoms with Crippen LogP contribution < -0.4 is 0 Å². The van der Waals surface area contributed by atoms with Gasteiger partial charge in [-0.1, -0.05) is 4.80 Å². The molecule has 18 heavy (non-hydrogen) atoms. The number of hydrogen-bond acceptors (Lipinski definition) is 7. The van der Waals surface area contributed by atoms with Gasteiger partial charge in [0.05, 0.1) is 17.2 Å². The highest BCUT2D eigenvalue weighted by Crippen LogP contribution is 2.12. The van der Waals surface area contributed by atoms with Crippen molar-refractivity contribution in [2.75, 3.05) is 0 Å². The maximum absolute atomic E-state index is 10.5. The maximum atomic E-state index is 10.5. The molecule has 0 aromatic carbocycles. The first-order chi connectivity index (χ1) is 8.54. The molecule has 0 aliphatic rings. The molecule has 94 valence electrons. The molecule has 2 rings (SSSR count). The Labute approximate surface area is 104 Å². The van der Waals surface area contributed by atoms with Gasteiger partial charge < -0.3 is 15.2 Å². The maximum Gasteiger partial charge on any atom is 0.410 e. The van der Waals surface area contributed by atoms with Crippen molar-refractivity contribution in [3.8, 4) is 0 Å². The van der Waals surface area contributed by atoms with Crippen LogP contribution in [0, 0.1) is 10.1 Å². The van der Waals surface area contributed by atoms with E-state index in [1.54, 1.807) is 5.38 Å². The van der Waals surface area contributed by atoms with E-state index in [1.165, 1.54) is 11.3 Å². The summed E-state index contributed by atoms with van der Waals surface area (Å²) in [5, 5.41) is 28.6. The molecule has 2 aromatic heterocycles. The normalized spacial score (nSPS) is 10.4. The van der Waals surface area contributed by atoms with Crippen molar-refractivity contribution in [2.24, 2.45) is 0 Å². The number of aromatic nitrogens is 4. The van der Waals surface area contributed by atoms with Crippen LogP contribution in [-0.2, 0) is 17.8 Å². The number of carboxylic acids is 1. The van der Waals surface area contributed by atoms with Crippen LogP contribution in [0.25, 0.3) is 0 Å². The topological polar surface area (TPSA) is 124 Å². The van der Waals surface area contributed by atoms with E-state index in [0.717, 1.165) is 11.0 Å². The third kappa shape index (κ3) is 2.85. The first-order valence-corrected chi connectivity index (χ1v) is 5.62. The Bertz CT molecular complexity index is 592. The molecule has 2 aromatic rings. The van der Waals surface area contributed by atoms with E-state index in [-0.39, 0.29) is 18.8 Å². The number of nitro groups is 1. The second-order valence-electron chi connectivity index (χ2n) is 3.29. The zero-order valence-electron chi connectivity index (χ0n) is 8.89. The molecule has 0 saturated heterocycles. The Balaban J connectivity index is 2.06. The van der Waals surface area contributed by atoms with E-state index in [0.29, 0.717) is 10.7 Å². The number of nitrogens with zero attached hydrogens (tertiary/aromatic N) is 5. The minimum Gasteiger partial charge on any atom is -0.481 e. The highest BCUT2D eigenvalue weighted by atomic mass is 32.1. The summed E-state index contributed by atoms with van der Waals surface area (Å²) in [6, 6.07) is 0.